The quantitative estimate of drug-likeness (QED) is 0.729. The lowest BCUT2D eigenvalue weighted by Crippen LogP contribution is -2.35. The molecule has 1 aliphatic heterocycles. The third-order valence-electron chi connectivity index (χ3n) is 4.42. The first-order valence-corrected chi connectivity index (χ1v) is 9.56. The van der Waals surface area contributed by atoms with Crippen molar-refractivity contribution in [3.63, 3.8) is 0 Å². The number of aromatic nitrogens is 3. The molecule has 1 unspecified atom stereocenters. The molecule has 0 bridgehead atoms. The Hall–Kier alpha value is -2.26. The predicted molar refractivity (Wildman–Crippen MR) is 95.1 cm³/mol. The van der Waals surface area contributed by atoms with Crippen molar-refractivity contribution in [2.75, 3.05) is 0 Å². The first kappa shape index (κ1) is 16.2. The minimum absolute atomic E-state index is 0.0369. The monoisotopic (exact) mass is 376 g/mol. The molecule has 1 amide bonds. The number of aromatic carboxylic acids is 1. The molecule has 3 aromatic heterocycles. The molecule has 0 saturated heterocycles. The maximum Gasteiger partial charge on any atom is 0.345 e. The van der Waals surface area contributed by atoms with E-state index >= 15 is 0 Å². The molecule has 0 aromatic carbocycles. The molecule has 0 spiro atoms. The third kappa shape index (κ3) is 3.05. The number of hydrogen-bond acceptors (Lipinski definition) is 6. The van der Waals surface area contributed by atoms with Gasteiger partial charge in [-0.3, -0.25) is 4.79 Å². The molecule has 2 N–H and O–H groups in total. The van der Waals surface area contributed by atoms with E-state index in [9.17, 15) is 9.59 Å². The van der Waals surface area contributed by atoms with E-state index in [2.05, 4.69) is 20.1 Å². The topological polar surface area (TPSA) is 97.1 Å². The Balaban J connectivity index is 1.39. The standard InChI is InChI=1S/C16H16N4O3S2/c1-8-18-19-14-4-9(2-3-20(8)14)15(21)17-7-10-5-11-12(24-10)6-13(25-11)16(22)23/h5-6,9H,2-4,7H2,1H3,(H,17,21)(H,22,23). The summed E-state index contributed by atoms with van der Waals surface area (Å²) in [4.78, 5) is 24.8. The highest BCUT2D eigenvalue weighted by atomic mass is 32.1. The fourth-order valence-electron chi connectivity index (χ4n) is 3.09. The van der Waals surface area contributed by atoms with Gasteiger partial charge in [-0.15, -0.1) is 32.9 Å². The summed E-state index contributed by atoms with van der Waals surface area (Å²) >= 11 is 2.79. The van der Waals surface area contributed by atoms with Crippen molar-refractivity contribution in [1.29, 1.82) is 0 Å². The van der Waals surface area contributed by atoms with Gasteiger partial charge in [0.2, 0.25) is 5.91 Å². The number of carboxylic acid groups (broad SMARTS) is 1. The summed E-state index contributed by atoms with van der Waals surface area (Å²) in [6.07, 6.45) is 1.41. The Morgan fingerprint density at radius 3 is 2.88 bits per heavy atom. The number of thiophene rings is 2. The highest BCUT2D eigenvalue weighted by Gasteiger charge is 2.27. The van der Waals surface area contributed by atoms with Crippen LogP contribution in [0.25, 0.3) is 9.40 Å². The van der Waals surface area contributed by atoms with Gasteiger partial charge >= 0.3 is 5.97 Å². The number of nitrogens with zero attached hydrogens (tertiary/aromatic N) is 3. The van der Waals surface area contributed by atoms with E-state index in [0.717, 1.165) is 38.9 Å². The number of aryl methyl sites for hydroxylation is 1. The molecule has 9 heteroatoms. The van der Waals surface area contributed by atoms with Crippen molar-refractivity contribution in [3.8, 4) is 0 Å². The second kappa shape index (κ2) is 6.23. The van der Waals surface area contributed by atoms with Crippen LogP contribution in [0.3, 0.4) is 0 Å². The second-order valence-electron chi connectivity index (χ2n) is 6.08. The molecule has 0 fully saturated rings. The Labute approximate surface area is 151 Å². The molecule has 1 aliphatic rings. The first-order valence-electron chi connectivity index (χ1n) is 7.93. The minimum Gasteiger partial charge on any atom is -0.477 e. The fraction of sp³-hybridized carbons (Fsp3) is 0.375. The molecule has 4 rings (SSSR count). The number of carbonyl (C=O) groups is 2. The van der Waals surface area contributed by atoms with Crippen LogP contribution >= 0.6 is 22.7 Å². The number of rotatable bonds is 4. The summed E-state index contributed by atoms with van der Waals surface area (Å²) in [6.45, 7) is 3.17. The molecule has 0 radical (unpaired) electrons. The molecule has 4 heterocycles. The average Bonchev–Trinajstić information content (AvgIpc) is 3.25. The zero-order valence-electron chi connectivity index (χ0n) is 13.5. The molecule has 0 aliphatic carbocycles. The zero-order valence-corrected chi connectivity index (χ0v) is 15.1. The van der Waals surface area contributed by atoms with Gasteiger partial charge in [-0.2, -0.15) is 0 Å². The lowest BCUT2D eigenvalue weighted by molar-refractivity contribution is -0.125. The van der Waals surface area contributed by atoms with E-state index in [1.165, 1.54) is 22.7 Å². The molecule has 1 atom stereocenters. The number of nitrogens with one attached hydrogen (secondary N) is 1. The van der Waals surface area contributed by atoms with Crippen LogP contribution in [-0.4, -0.2) is 31.7 Å². The summed E-state index contributed by atoms with van der Waals surface area (Å²) in [7, 11) is 0. The first-order chi connectivity index (χ1) is 12.0. The van der Waals surface area contributed by atoms with E-state index in [0.29, 0.717) is 17.8 Å². The van der Waals surface area contributed by atoms with Gasteiger partial charge in [0.1, 0.15) is 16.5 Å². The molecular weight excluding hydrogens is 360 g/mol. The Bertz CT molecular complexity index is 940. The van der Waals surface area contributed by atoms with E-state index in [1.807, 2.05) is 13.0 Å². The molecule has 0 saturated carbocycles. The van der Waals surface area contributed by atoms with Gasteiger partial charge in [0, 0.05) is 33.2 Å². The smallest absolute Gasteiger partial charge is 0.345 e. The van der Waals surface area contributed by atoms with Gasteiger partial charge in [-0.05, 0) is 25.5 Å². The number of amides is 1. The van der Waals surface area contributed by atoms with Gasteiger partial charge in [-0.25, -0.2) is 4.79 Å². The summed E-state index contributed by atoms with van der Waals surface area (Å²) in [5.74, 6) is 0.837. The Morgan fingerprint density at radius 2 is 2.12 bits per heavy atom. The average molecular weight is 376 g/mol. The summed E-state index contributed by atoms with van der Waals surface area (Å²) < 4.78 is 3.97. The van der Waals surface area contributed by atoms with Crippen LogP contribution in [-0.2, 0) is 24.3 Å². The zero-order chi connectivity index (χ0) is 17.6. The van der Waals surface area contributed by atoms with Crippen molar-refractivity contribution >= 4 is 43.9 Å². The normalized spacial score (nSPS) is 16.8. The van der Waals surface area contributed by atoms with Crippen molar-refractivity contribution in [2.24, 2.45) is 5.92 Å². The molecule has 25 heavy (non-hydrogen) atoms. The maximum absolute atomic E-state index is 12.4. The molecule has 3 aromatic rings. The van der Waals surface area contributed by atoms with Gasteiger partial charge in [-0.1, -0.05) is 0 Å². The SMILES string of the molecule is Cc1nnc2n1CCC(C(=O)NCc1cc3sc(C(=O)O)cc3s1)C2. The summed E-state index contributed by atoms with van der Waals surface area (Å²) in [5.41, 5.74) is 0. The van der Waals surface area contributed by atoms with Gasteiger partial charge < -0.3 is 15.0 Å². The van der Waals surface area contributed by atoms with Crippen LogP contribution in [0, 0.1) is 12.8 Å². The van der Waals surface area contributed by atoms with Crippen LogP contribution in [0.4, 0.5) is 0 Å². The van der Waals surface area contributed by atoms with Crippen LogP contribution in [0.1, 0.15) is 32.6 Å². The van der Waals surface area contributed by atoms with Crippen LogP contribution in [0.15, 0.2) is 12.1 Å². The van der Waals surface area contributed by atoms with Crippen molar-refractivity contribution < 1.29 is 14.7 Å². The number of fused-ring (bicyclic) bond motifs is 2. The number of carbonyl (C=O) groups excluding carboxylic acids is 1. The minimum atomic E-state index is -0.899. The molecule has 7 nitrogen and oxygen atoms in total. The van der Waals surface area contributed by atoms with Gasteiger partial charge in [0.25, 0.3) is 0 Å². The highest BCUT2D eigenvalue weighted by Crippen LogP contribution is 2.33. The van der Waals surface area contributed by atoms with Gasteiger partial charge in [0.15, 0.2) is 0 Å². The van der Waals surface area contributed by atoms with E-state index in [4.69, 9.17) is 5.11 Å². The summed E-state index contributed by atoms with van der Waals surface area (Å²) in [6, 6.07) is 3.65. The number of hydrogen-bond donors (Lipinski definition) is 2. The molecule has 130 valence electrons. The highest BCUT2D eigenvalue weighted by molar-refractivity contribution is 7.28. The summed E-state index contributed by atoms with van der Waals surface area (Å²) in [5, 5.41) is 20.2. The van der Waals surface area contributed by atoms with Gasteiger partial charge in [0.05, 0.1) is 6.54 Å². The predicted octanol–water partition coefficient (Wildman–Crippen LogP) is 2.44. The Kier molecular flexibility index (Phi) is 4.04. The van der Waals surface area contributed by atoms with Crippen LogP contribution < -0.4 is 5.32 Å². The lowest BCUT2D eigenvalue weighted by atomic mass is 9.97. The third-order valence-corrected chi connectivity index (χ3v) is 6.70. The van der Waals surface area contributed by atoms with Crippen molar-refractivity contribution in [3.05, 3.63) is 33.5 Å². The molecular formula is C16H16N4O3S2. The lowest BCUT2D eigenvalue weighted by Gasteiger charge is -2.22. The number of carboxylic acids is 1. The van der Waals surface area contributed by atoms with E-state index in [-0.39, 0.29) is 11.8 Å². The largest absolute Gasteiger partial charge is 0.477 e. The maximum atomic E-state index is 12.4. The van der Waals surface area contributed by atoms with Crippen LogP contribution in [0.2, 0.25) is 0 Å². The fourth-order valence-corrected chi connectivity index (χ4v) is 5.30. The van der Waals surface area contributed by atoms with Crippen molar-refractivity contribution in [2.45, 2.75) is 32.9 Å². The Morgan fingerprint density at radius 1 is 1.32 bits per heavy atom. The van der Waals surface area contributed by atoms with Crippen molar-refractivity contribution in [1.82, 2.24) is 20.1 Å². The van der Waals surface area contributed by atoms with E-state index in [1.54, 1.807) is 6.07 Å². The van der Waals surface area contributed by atoms with Crippen LogP contribution in [0.5, 0.6) is 0 Å². The second-order valence-corrected chi connectivity index (χ2v) is 8.33. The van der Waals surface area contributed by atoms with E-state index < -0.39 is 5.97 Å².